The quantitative estimate of drug-likeness (QED) is 0.130. The highest BCUT2D eigenvalue weighted by Gasteiger charge is 2.44. The topological polar surface area (TPSA) is 73.6 Å². The second-order valence-corrected chi connectivity index (χ2v) is 12.3. The summed E-state index contributed by atoms with van der Waals surface area (Å²) in [7, 11) is 0. The Hall–Kier alpha value is -3.46. The van der Waals surface area contributed by atoms with E-state index in [2.05, 4.69) is 61.2 Å². The van der Waals surface area contributed by atoms with Crippen molar-refractivity contribution < 1.29 is 14.6 Å². The number of aliphatic hydroxyl groups excluding tert-OH is 1. The van der Waals surface area contributed by atoms with Crippen molar-refractivity contribution >= 4 is 5.97 Å². The first-order valence-electron chi connectivity index (χ1n) is 17.1. The third-order valence-electron chi connectivity index (χ3n) is 9.20. The third kappa shape index (κ3) is 10.3. The van der Waals surface area contributed by atoms with E-state index in [9.17, 15) is 10.1 Å². The van der Waals surface area contributed by atoms with Gasteiger partial charge in [-0.2, -0.15) is 5.26 Å². The first kappa shape index (κ1) is 36.0. The lowest BCUT2D eigenvalue weighted by atomic mass is 9.71. The number of esters is 1. The van der Waals surface area contributed by atoms with Crippen LogP contribution in [0.15, 0.2) is 91.0 Å². The first-order chi connectivity index (χ1) is 22.1. The van der Waals surface area contributed by atoms with Crippen LogP contribution in [0.1, 0.15) is 101 Å². The maximum atomic E-state index is 13.4. The molecular weight excluding hydrogens is 556 g/mol. The minimum atomic E-state index is -0.713. The van der Waals surface area contributed by atoms with Gasteiger partial charge in [0.25, 0.3) is 0 Å². The summed E-state index contributed by atoms with van der Waals surface area (Å²) in [5.74, 6) is -0.0956. The molecule has 0 aromatic heterocycles. The van der Waals surface area contributed by atoms with E-state index in [0.29, 0.717) is 19.6 Å². The maximum Gasteiger partial charge on any atom is 0.316 e. The van der Waals surface area contributed by atoms with Crippen LogP contribution < -0.4 is 0 Å². The van der Waals surface area contributed by atoms with Gasteiger partial charge in [-0.05, 0) is 61.9 Å². The van der Waals surface area contributed by atoms with Gasteiger partial charge >= 0.3 is 5.97 Å². The Kier molecular flexibility index (Phi) is 15.9. The second kappa shape index (κ2) is 19.8. The molecule has 1 N–H and O–H groups in total. The molecule has 5 heteroatoms. The van der Waals surface area contributed by atoms with E-state index in [1.54, 1.807) is 0 Å². The molecule has 0 spiro atoms. The Morgan fingerprint density at radius 1 is 0.800 bits per heavy atom. The van der Waals surface area contributed by atoms with Gasteiger partial charge in [-0.25, -0.2) is 0 Å². The summed E-state index contributed by atoms with van der Waals surface area (Å²) in [6.45, 7) is 7.54. The van der Waals surface area contributed by atoms with Gasteiger partial charge in [-0.15, -0.1) is 0 Å². The summed E-state index contributed by atoms with van der Waals surface area (Å²) in [6.07, 6.45) is 11.5. The molecule has 1 aliphatic rings. The number of aliphatic hydroxyl groups is 1. The maximum absolute atomic E-state index is 13.4. The monoisotopic (exact) mass is 610 g/mol. The molecule has 3 aromatic carbocycles. The molecule has 242 valence electrons. The Morgan fingerprint density at radius 3 is 1.82 bits per heavy atom. The molecule has 45 heavy (non-hydrogen) atoms. The Labute approximate surface area is 272 Å². The van der Waals surface area contributed by atoms with Crippen molar-refractivity contribution in [2.75, 3.05) is 32.8 Å². The normalized spacial score (nSPS) is 14.5. The van der Waals surface area contributed by atoms with Crippen molar-refractivity contribution in [1.29, 1.82) is 5.26 Å². The van der Waals surface area contributed by atoms with Crippen LogP contribution in [-0.2, 0) is 20.4 Å². The van der Waals surface area contributed by atoms with Gasteiger partial charge < -0.3 is 14.7 Å². The standard InChI is InChI=1S/C32H36N2O2.C8H18O/c1-2-3-25-36-30(35)31(27-13-7-4-8-14-27)19-22-34(23-20-31)24-21-32(26-33,28-15-9-5-10-16-28)29-17-11-6-12-18-29;1-2-3-4-5-6-7-8-9/h4-18H,2-3,19-25H2,1H3;9H,2-8H2,1H3. The third-order valence-corrected chi connectivity index (χ3v) is 9.20. The average molecular weight is 611 g/mol. The van der Waals surface area contributed by atoms with E-state index >= 15 is 0 Å². The highest BCUT2D eigenvalue weighted by atomic mass is 16.5. The van der Waals surface area contributed by atoms with Gasteiger partial charge in [0.2, 0.25) is 0 Å². The predicted octanol–water partition coefficient (Wildman–Crippen LogP) is 8.60. The largest absolute Gasteiger partial charge is 0.465 e. The average Bonchev–Trinajstić information content (AvgIpc) is 3.11. The van der Waals surface area contributed by atoms with Crippen LogP contribution in [0, 0.1) is 11.3 Å². The molecule has 1 aliphatic heterocycles. The van der Waals surface area contributed by atoms with E-state index in [1.165, 1.54) is 32.1 Å². The van der Waals surface area contributed by atoms with E-state index in [1.807, 2.05) is 54.6 Å². The Bertz CT molecular complexity index is 1200. The molecule has 0 radical (unpaired) electrons. The zero-order valence-corrected chi connectivity index (χ0v) is 27.6. The van der Waals surface area contributed by atoms with Gasteiger partial charge in [0.05, 0.1) is 18.1 Å². The number of ether oxygens (including phenoxy) is 1. The van der Waals surface area contributed by atoms with Crippen molar-refractivity contribution in [3.63, 3.8) is 0 Å². The summed E-state index contributed by atoms with van der Waals surface area (Å²) >= 11 is 0. The molecular formula is C40H54N2O3. The molecule has 3 aromatic rings. The van der Waals surface area contributed by atoms with E-state index < -0.39 is 10.8 Å². The molecule has 5 nitrogen and oxygen atoms in total. The number of nitriles is 1. The molecule has 0 aliphatic carbocycles. The van der Waals surface area contributed by atoms with Crippen LogP contribution in [0.3, 0.4) is 0 Å². The summed E-state index contributed by atoms with van der Waals surface area (Å²) in [5, 5.41) is 18.9. The van der Waals surface area contributed by atoms with E-state index in [0.717, 1.165) is 68.4 Å². The van der Waals surface area contributed by atoms with Crippen molar-refractivity contribution in [1.82, 2.24) is 4.90 Å². The first-order valence-corrected chi connectivity index (χ1v) is 17.1. The van der Waals surface area contributed by atoms with Gasteiger partial charge in [-0.3, -0.25) is 4.79 Å². The van der Waals surface area contributed by atoms with Crippen molar-refractivity contribution in [2.24, 2.45) is 0 Å². The number of benzene rings is 3. The Balaban J connectivity index is 0.000000535. The van der Waals surface area contributed by atoms with Crippen molar-refractivity contribution in [2.45, 2.75) is 95.3 Å². The SMILES string of the molecule is CCCCCCCCO.CCCCOC(=O)C1(c2ccccc2)CCN(CCC(C#N)(c2ccccc2)c2ccccc2)CC1. The summed E-state index contributed by atoms with van der Waals surface area (Å²) in [4.78, 5) is 15.8. The number of rotatable bonds is 16. The van der Waals surface area contributed by atoms with Crippen LogP contribution in [0.5, 0.6) is 0 Å². The van der Waals surface area contributed by atoms with E-state index in [-0.39, 0.29) is 5.97 Å². The molecule has 0 saturated carbocycles. The van der Waals surface area contributed by atoms with Gasteiger partial charge in [0.15, 0.2) is 0 Å². The number of carbonyl (C=O) groups excluding carboxylic acids is 1. The number of hydrogen-bond donors (Lipinski definition) is 1. The zero-order chi connectivity index (χ0) is 32.2. The van der Waals surface area contributed by atoms with Crippen LogP contribution in [-0.4, -0.2) is 48.8 Å². The number of hydrogen-bond acceptors (Lipinski definition) is 5. The van der Waals surface area contributed by atoms with Crippen LogP contribution >= 0.6 is 0 Å². The fraction of sp³-hybridized carbons (Fsp3) is 0.500. The lowest BCUT2D eigenvalue weighted by molar-refractivity contribution is -0.153. The molecule has 0 amide bonds. The highest BCUT2D eigenvalue weighted by molar-refractivity contribution is 5.83. The van der Waals surface area contributed by atoms with Gasteiger partial charge in [-0.1, -0.05) is 143 Å². The lowest BCUT2D eigenvalue weighted by Crippen LogP contribution is -2.49. The van der Waals surface area contributed by atoms with Crippen molar-refractivity contribution in [3.8, 4) is 6.07 Å². The molecule has 1 saturated heterocycles. The second-order valence-electron chi connectivity index (χ2n) is 12.3. The number of nitrogens with zero attached hydrogens (tertiary/aromatic N) is 2. The van der Waals surface area contributed by atoms with Crippen molar-refractivity contribution in [3.05, 3.63) is 108 Å². The fourth-order valence-electron chi connectivity index (χ4n) is 6.28. The Morgan fingerprint density at radius 2 is 1.31 bits per heavy atom. The number of unbranched alkanes of at least 4 members (excludes halogenated alkanes) is 6. The fourth-order valence-corrected chi connectivity index (χ4v) is 6.28. The molecule has 0 bridgehead atoms. The highest BCUT2D eigenvalue weighted by Crippen LogP contribution is 2.39. The van der Waals surface area contributed by atoms with Crippen LogP contribution in [0.4, 0.5) is 0 Å². The number of carbonyl (C=O) groups is 1. The summed E-state index contributed by atoms with van der Waals surface area (Å²) in [6, 6.07) is 33.0. The van der Waals surface area contributed by atoms with Crippen LogP contribution in [0.25, 0.3) is 0 Å². The molecule has 0 atom stereocenters. The van der Waals surface area contributed by atoms with Crippen LogP contribution in [0.2, 0.25) is 0 Å². The number of piperidine rings is 1. The summed E-state index contributed by atoms with van der Waals surface area (Å²) < 4.78 is 5.76. The zero-order valence-electron chi connectivity index (χ0n) is 27.6. The molecule has 1 heterocycles. The van der Waals surface area contributed by atoms with E-state index in [4.69, 9.17) is 9.84 Å². The minimum Gasteiger partial charge on any atom is -0.465 e. The molecule has 1 fully saturated rings. The molecule has 4 rings (SSSR count). The van der Waals surface area contributed by atoms with Gasteiger partial charge in [0.1, 0.15) is 5.41 Å². The predicted molar refractivity (Wildman–Crippen MR) is 184 cm³/mol. The smallest absolute Gasteiger partial charge is 0.316 e. The molecule has 0 unspecified atom stereocenters. The summed E-state index contributed by atoms with van der Waals surface area (Å²) in [5.41, 5.74) is 1.78. The minimum absolute atomic E-state index is 0.0956. The number of likely N-dealkylation sites (tertiary alicyclic amines) is 1. The lowest BCUT2D eigenvalue weighted by Gasteiger charge is -2.41. The van der Waals surface area contributed by atoms with Gasteiger partial charge in [0, 0.05) is 13.2 Å².